The number of sulfonamides is 1. The number of piperidine rings is 1. The lowest BCUT2D eigenvalue weighted by Crippen LogP contribution is -2.47. The highest BCUT2D eigenvalue weighted by Crippen LogP contribution is 2.33. The Labute approximate surface area is 124 Å². The van der Waals surface area contributed by atoms with Gasteiger partial charge in [0.25, 0.3) is 0 Å². The fourth-order valence-corrected chi connectivity index (χ4v) is 4.71. The van der Waals surface area contributed by atoms with Gasteiger partial charge in [0.05, 0.1) is 5.69 Å². The predicted molar refractivity (Wildman–Crippen MR) is 79.9 cm³/mol. The number of benzene rings is 1. The molecule has 0 aromatic heterocycles. The number of para-hydroxylation sites is 1. The highest BCUT2D eigenvalue weighted by atomic mass is 35.5. The number of carbonyl (C=O) groups excluding carboxylic acids is 1. The van der Waals surface area contributed by atoms with Gasteiger partial charge in [0, 0.05) is 5.56 Å². The lowest BCUT2D eigenvalue weighted by Gasteiger charge is -2.33. The minimum Gasteiger partial charge on any atom is -0.317 e. The summed E-state index contributed by atoms with van der Waals surface area (Å²) in [4.78, 5) is 12.5. The Morgan fingerprint density at radius 1 is 1.10 bits per heavy atom. The summed E-state index contributed by atoms with van der Waals surface area (Å²) in [5.41, 5.74) is 0.888. The first kappa shape index (κ1) is 15.3. The molecule has 2 aliphatic rings. The summed E-state index contributed by atoms with van der Waals surface area (Å²) in [5, 5.41) is 2.25. The van der Waals surface area contributed by atoms with Crippen LogP contribution in [0.1, 0.15) is 23.2 Å². The standard InChI is InChI=1S/C13H16N2O3S.ClH/c16-12-10-3-1-2-4-11(10)15-19(17,18)13(12)9-5-7-14-8-6-9;/h1-4,9,13-15H,5-8H2;1H. The van der Waals surface area contributed by atoms with Crippen molar-refractivity contribution in [2.24, 2.45) is 5.92 Å². The van der Waals surface area contributed by atoms with Gasteiger partial charge in [-0.2, -0.15) is 0 Å². The molecule has 1 aromatic carbocycles. The van der Waals surface area contributed by atoms with Crippen LogP contribution in [0, 0.1) is 5.92 Å². The van der Waals surface area contributed by atoms with E-state index in [9.17, 15) is 13.2 Å². The third-order valence-electron chi connectivity index (χ3n) is 3.85. The van der Waals surface area contributed by atoms with Gasteiger partial charge in [0.1, 0.15) is 5.25 Å². The van der Waals surface area contributed by atoms with Gasteiger partial charge in [-0.3, -0.25) is 9.52 Å². The third-order valence-corrected chi connectivity index (χ3v) is 5.62. The van der Waals surface area contributed by atoms with Crippen LogP contribution in [-0.4, -0.2) is 32.5 Å². The zero-order valence-corrected chi connectivity index (χ0v) is 12.5. The van der Waals surface area contributed by atoms with E-state index in [4.69, 9.17) is 0 Å². The highest BCUT2D eigenvalue weighted by Gasteiger charge is 2.44. The molecule has 0 amide bonds. The molecule has 7 heteroatoms. The molecule has 0 saturated carbocycles. The topological polar surface area (TPSA) is 75.3 Å². The fraction of sp³-hybridized carbons (Fsp3) is 0.462. The van der Waals surface area contributed by atoms with Crippen LogP contribution in [0.2, 0.25) is 0 Å². The van der Waals surface area contributed by atoms with E-state index in [1.165, 1.54) is 0 Å². The van der Waals surface area contributed by atoms with Gasteiger partial charge in [-0.05, 0) is 44.0 Å². The monoisotopic (exact) mass is 316 g/mol. The van der Waals surface area contributed by atoms with Crippen LogP contribution in [0.25, 0.3) is 0 Å². The Kier molecular flexibility index (Phi) is 4.36. The fourth-order valence-electron chi connectivity index (χ4n) is 2.91. The van der Waals surface area contributed by atoms with Crippen molar-refractivity contribution in [1.29, 1.82) is 0 Å². The first-order valence-electron chi connectivity index (χ1n) is 6.45. The first-order valence-corrected chi connectivity index (χ1v) is 8.00. The molecular weight excluding hydrogens is 300 g/mol. The van der Waals surface area contributed by atoms with Gasteiger partial charge < -0.3 is 5.32 Å². The minimum atomic E-state index is -3.61. The molecule has 0 radical (unpaired) electrons. The van der Waals surface area contributed by atoms with Gasteiger partial charge in [-0.25, -0.2) is 8.42 Å². The molecule has 110 valence electrons. The number of anilines is 1. The Balaban J connectivity index is 0.00000147. The number of ketones is 1. The Morgan fingerprint density at radius 2 is 1.75 bits per heavy atom. The molecular formula is C13H17ClN2O3S. The number of fused-ring (bicyclic) bond motifs is 1. The number of hydrogen-bond acceptors (Lipinski definition) is 4. The second kappa shape index (κ2) is 5.71. The average Bonchev–Trinajstić information content (AvgIpc) is 2.39. The second-order valence-corrected chi connectivity index (χ2v) is 6.87. The molecule has 1 atom stereocenters. The van der Waals surface area contributed by atoms with E-state index in [1.807, 2.05) is 0 Å². The molecule has 0 bridgehead atoms. The highest BCUT2D eigenvalue weighted by molar-refractivity contribution is 7.94. The summed E-state index contributed by atoms with van der Waals surface area (Å²) < 4.78 is 27.1. The maximum absolute atomic E-state index is 12.5. The third kappa shape index (κ3) is 2.55. The maximum Gasteiger partial charge on any atom is 0.243 e. The number of rotatable bonds is 1. The number of carbonyl (C=O) groups is 1. The van der Waals surface area contributed by atoms with Gasteiger partial charge in [-0.15, -0.1) is 12.4 Å². The summed E-state index contributed by atoms with van der Waals surface area (Å²) >= 11 is 0. The number of Topliss-reactive ketones (excluding diaryl/α,β-unsaturated/α-hetero) is 1. The average molecular weight is 317 g/mol. The normalized spacial score (nSPS) is 25.2. The molecule has 1 unspecified atom stereocenters. The summed E-state index contributed by atoms with van der Waals surface area (Å²) in [6, 6.07) is 6.80. The molecule has 1 fully saturated rings. The van der Waals surface area contributed by atoms with Crippen molar-refractivity contribution in [3.05, 3.63) is 29.8 Å². The van der Waals surface area contributed by atoms with E-state index >= 15 is 0 Å². The molecule has 3 rings (SSSR count). The largest absolute Gasteiger partial charge is 0.317 e. The maximum atomic E-state index is 12.5. The zero-order valence-electron chi connectivity index (χ0n) is 10.8. The summed E-state index contributed by atoms with van der Waals surface area (Å²) in [7, 11) is -3.61. The predicted octanol–water partition coefficient (Wildman–Crippen LogP) is 1.41. The minimum absolute atomic E-state index is 0. The van der Waals surface area contributed by atoms with Crippen LogP contribution in [0.4, 0.5) is 5.69 Å². The van der Waals surface area contributed by atoms with E-state index in [1.54, 1.807) is 24.3 Å². The smallest absolute Gasteiger partial charge is 0.243 e. The molecule has 2 aliphatic heterocycles. The Morgan fingerprint density at radius 3 is 2.45 bits per heavy atom. The van der Waals surface area contributed by atoms with Crippen LogP contribution >= 0.6 is 12.4 Å². The SMILES string of the molecule is Cl.O=C1c2ccccc2NS(=O)(=O)C1C1CCNCC1. The molecule has 1 aromatic rings. The first-order chi connectivity index (χ1) is 9.09. The Hall–Kier alpha value is -1.11. The van der Waals surface area contributed by atoms with Crippen molar-refractivity contribution in [1.82, 2.24) is 5.32 Å². The van der Waals surface area contributed by atoms with E-state index in [0.717, 1.165) is 25.9 Å². The number of hydrogen-bond donors (Lipinski definition) is 2. The Bertz CT molecular complexity index is 612. The molecule has 5 nitrogen and oxygen atoms in total. The zero-order chi connectivity index (χ0) is 13.5. The lowest BCUT2D eigenvalue weighted by atomic mass is 9.89. The van der Waals surface area contributed by atoms with Gasteiger partial charge in [-0.1, -0.05) is 12.1 Å². The summed E-state index contributed by atoms with van der Waals surface area (Å²) in [6.45, 7) is 1.54. The van der Waals surface area contributed by atoms with Gasteiger partial charge in [0.2, 0.25) is 10.0 Å². The van der Waals surface area contributed by atoms with Crippen LogP contribution in [0.15, 0.2) is 24.3 Å². The number of halogens is 1. The van der Waals surface area contributed by atoms with Crippen LogP contribution in [0.3, 0.4) is 0 Å². The summed E-state index contributed by atoms with van der Waals surface area (Å²) in [6.07, 6.45) is 1.44. The van der Waals surface area contributed by atoms with Crippen molar-refractivity contribution in [2.45, 2.75) is 18.1 Å². The molecule has 0 aliphatic carbocycles. The van der Waals surface area contributed by atoms with Crippen molar-refractivity contribution in [2.75, 3.05) is 17.8 Å². The number of nitrogens with one attached hydrogen (secondary N) is 2. The van der Waals surface area contributed by atoms with Gasteiger partial charge >= 0.3 is 0 Å². The van der Waals surface area contributed by atoms with E-state index in [0.29, 0.717) is 11.3 Å². The van der Waals surface area contributed by atoms with Crippen LogP contribution in [0.5, 0.6) is 0 Å². The second-order valence-electron chi connectivity index (χ2n) is 5.06. The van der Waals surface area contributed by atoms with E-state index in [2.05, 4.69) is 10.0 Å². The van der Waals surface area contributed by atoms with E-state index in [-0.39, 0.29) is 24.1 Å². The molecule has 2 N–H and O–H groups in total. The van der Waals surface area contributed by atoms with E-state index < -0.39 is 15.3 Å². The van der Waals surface area contributed by atoms with Crippen molar-refractivity contribution < 1.29 is 13.2 Å². The molecule has 1 saturated heterocycles. The molecule has 2 heterocycles. The quantitative estimate of drug-likeness (QED) is 0.821. The van der Waals surface area contributed by atoms with Crippen molar-refractivity contribution in [3.8, 4) is 0 Å². The lowest BCUT2D eigenvalue weighted by molar-refractivity contribution is 0.0957. The van der Waals surface area contributed by atoms with Gasteiger partial charge in [0.15, 0.2) is 5.78 Å². The molecule has 0 spiro atoms. The summed E-state index contributed by atoms with van der Waals surface area (Å²) in [5.74, 6) is -0.360. The van der Waals surface area contributed by atoms with Crippen LogP contribution < -0.4 is 10.0 Å². The molecule has 20 heavy (non-hydrogen) atoms. The van der Waals surface area contributed by atoms with Crippen LogP contribution in [-0.2, 0) is 10.0 Å². The van der Waals surface area contributed by atoms with Crippen molar-refractivity contribution >= 4 is 33.9 Å². The van der Waals surface area contributed by atoms with Crippen molar-refractivity contribution in [3.63, 3.8) is 0 Å².